The quantitative estimate of drug-likeness (QED) is 0.810. The van der Waals surface area contributed by atoms with Crippen molar-refractivity contribution in [3.8, 4) is 0 Å². The second-order valence-electron chi connectivity index (χ2n) is 6.20. The summed E-state index contributed by atoms with van der Waals surface area (Å²) in [4.78, 5) is 5.53. The number of hydrogen-bond donors (Lipinski definition) is 1. The molecule has 3 rings (SSSR count). The Bertz CT molecular complexity index is 801. The number of anilines is 2. The van der Waals surface area contributed by atoms with Crippen LogP contribution in [0.25, 0.3) is 0 Å². The lowest BCUT2D eigenvalue weighted by molar-refractivity contribution is 0.313. The Balaban J connectivity index is 1.75. The summed E-state index contributed by atoms with van der Waals surface area (Å²) < 4.78 is 27.8. The highest BCUT2D eigenvalue weighted by Gasteiger charge is 2.20. The zero-order valence-corrected chi connectivity index (χ0v) is 16.5. The van der Waals surface area contributed by atoms with Gasteiger partial charge in [-0.05, 0) is 43.1 Å². The predicted octanol–water partition coefficient (Wildman–Crippen LogP) is 3.14. The molecule has 0 unspecified atom stereocenters. The third-order valence-electron chi connectivity index (χ3n) is 4.27. The van der Waals surface area contributed by atoms with Crippen LogP contribution in [0.1, 0.15) is 4.88 Å². The van der Waals surface area contributed by atoms with Crippen LogP contribution in [-0.4, -0.2) is 52.3 Å². The molecule has 0 aliphatic carbocycles. The van der Waals surface area contributed by atoms with Crippen molar-refractivity contribution >= 4 is 44.3 Å². The number of halogens is 1. The molecule has 0 amide bonds. The molecule has 2 heterocycles. The summed E-state index contributed by atoms with van der Waals surface area (Å²) in [6.07, 6.45) is 0.511. The molecule has 1 saturated heterocycles. The van der Waals surface area contributed by atoms with E-state index >= 15 is 0 Å². The molecule has 1 aromatic heterocycles. The molecule has 0 radical (unpaired) electrons. The van der Waals surface area contributed by atoms with Crippen LogP contribution in [0.2, 0.25) is 5.02 Å². The topological polar surface area (TPSA) is 52.6 Å². The second kappa shape index (κ2) is 7.95. The molecule has 0 saturated carbocycles. The molecule has 25 heavy (non-hydrogen) atoms. The highest BCUT2D eigenvalue weighted by molar-refractivity contribution is 7.92. The van der Waals surface area contributed by atoms with Gasteiger partial charge in [-0.15, -0.1) is 11.3 Å². The lowest BCUT2D eigenvalue weighted by atomic mass is 10.2. The fourth-order valence-corrected chi connectivity index (χ4v) is 4.92. The molecular formula is C17H22ClN3O2S2. The molecule has 2 aromatic rings. The van der Waals surface area contributed by atoms with Gasteiger partial charge in [-0.25, -0.2) is 8.42 Å². The van der Waals surface area contributed by atoms with Gasteiger partial charge in [0, 0.05) is 36.1 Å². The van der Waals surface area contributed by atoms with Crippen molar-refractivity contribution in [1.82, 2.24) is 4.90 Å². The Kier molecular flexibility index (Phi) is 5.89. The Morgan fingerprint density at radius 1 is 1.20 bits per heavy atom. The summed E-state index contributed by atoms with van der Waals surface area (Å²) >= 11 is 7.68. The van der Waals surface area contributed by atoms with Gasteiger partial charge in [-0.2, -0.15) is 0 Å². The predicted molar refractivity (Wildman–Crippen MR) is 107 cm³/mol. The molecule has 0 spiro atoms. The van der Waals surface area contributed by atoms with Crippen LogP contribution in [0.15, 0.2) is 35.7 Å². The summed E-state index contributed by atoms with van der Waals surface area (Å²) in [6.45, 7) is 3.63. The van der Waals surface area contributed by atoms with Gasteiger partial charge in [0.15, 0.2) is 0 Å². The van der Waals surface area contributed by atoms with Crippen LogP contribution in [0, 0.1) is 0 Å². The normalized spacial score (nSPS) is 16.2. The summed E-state index contributed by atoms with van der Waals surface area (Å²) in [5.41, 5.74) is 1.44. The Morgan fingerprint density at radius 2 is 1.96 bits per heavy atom. The maximum absolute atomic E-state index is 12.5. The van der Waals surface area contributed by atoms with Crippen molar-refractivity contribution in [2.24, 2.45) is 0 Å². The van der Waals surface area contributed by atoms with Gasteiger partial charge in [-0.1, -0.05) is 17.7 Å². The molecule has 1 aliphatic rings. The fraction of sp³-hybridized carbons (Fsp3) is 0.412. The van der Waals surface area contributed by atoms with Gasteiger partial charge >= 0.3 is 0 Å². The van der Waals surface area contributed by atoms with Gasteiger partial charge in [0.25, 0.3) is 0 Å². The molecule has 1 aromatic carbocycles. The molecule has 136 valence electrons. The van der Waals surface area contributed by atoms with Crippen molar-refractivity contribution < 1.29 is 8.42 Å². The zero-order valence-electron chi connectivity index (χ0n) is 14.1. The first-order valence-corrected chi connectivity index (χ1v) is 11.1. The zero-order chi connectivity index (χ0) is 17.9. The van der Waals surface area contributed by atoms with Gasteiger partial charge in [0.05, 0.1) is 17.1 Å². The first-order valence-electron chi connectivity index (χ1n) is 8.19. The van der Waals surface area contributed by atoms with E-state index in [1.165, 1.54) is 0 Å². The molecule has 8 heteroatoms. The van der Waals surface area contributed by atoms with E-state index in [-0.39, 0.29) is 5.75 Å². The van der Waals surface area contributed by atoms with E-state index in [1.807, 2.05) is 23.6 Å². The fourth-order valence-electron chi connectivity index (χ4n) is 2.82. The third-order valence-corrected chi connectivity index (χ3v) is 6.71. The largest absolute Gasteiger partial charge is 0.367 e. The van der Waals surface area contributed by atoms with Gasteiger partial charge in [0.2, 0.25) is 10.0 Å². The molecule has 1 fully saturated rings. The molecule has 0 bridgehead atoms. The monoisotopic (exact) mass is 399 g/mol. The van der Waals surface area contributed by atoms with Crippen molar-refractivity contribution in [3.63, 3.8) is 0 Å². The third kappa shape index (κ3) is 5.10. The van der Waals surface area contributed by atoms with E-state index in [9.17, 15) is 8.42 Å². The lowest BCUT2D eigenvalue weighted by Crippen LogP contribution is -2.44. The number of nitrogens with zero attached hydrogens (tertiary/aromatic N) is 2. The van der Waals surface area contributed by atoms with Crippen LogP contribution >= 0.6 is 22.9 Å². The van der Waals surface area contributed by atoms with Crippen molar-refractivity contribution in [1.29, 1.82) is 0 Å². The van der Waals surface area contributed by atoms with Crippen LogP contribution in [0.3, 0.4) is 0 Å². The van der Waals surface area contributed by atoms with E-state index in [0.717, 1.165) is 36.7 Å². The molecule has 0 atom stereocenters. The number of rotatable bonds is 6. The molecule has 1 N–H and O–H groups in total. The van der Waals surface area contributed by atoms with E-state index < -0.39 is 10.0 Å². The number of likely N-dealkylation sites (N-methyl/N-ethyl adjacent to an activating group) is 1. The van der Waals surface area contributed by atoms with E-state index in [4.69, 9.17) is 11.6 Å². The number of aryl methyl sites for hydroxylation is 1. The highest BCUT2D eigenvalue weighted by Crippen LogP contribution is 2.31. The summed E-state index contributed by atoms with van der Waals surface area (Å²) in [5.74, 6) is 0.0577. The average molecular weight is 400 g/mol. The maximum Gasteiger partial charge on any atom is 0.233 e. The maximum atomic E-state index is 12.5. The Hall–Kier alpha value is -1.28. The summed E-state index contributed by atoms with van der Waals surface area (Å²) in [6, 6.07) is 9.28. The standard InChI is InChI=1S/C17H22ClN3O2S2/c1-20-7-9-21(10-8-20)17-5-4-14(18)13-16(17)19-25(22,23)12-6-15-3-2-11-24-15/h2-5,11,13,19H,6-10,12H2,1H3. The molecule has 5 nitrogen and oxygen atoms in total. The summed E-state index contributed by atoms with van der Waals surface area (Å²) in [7, 11) is -1.35. The number of thiophene rings is 1. The van der Waals surface area contributed by atoms with E-state index in [2.05, 4.69) is 21.6 Å². The number of sulfonamides is 1. The van der Waals surface area contributed by atoms with E-state index in [1.54, 1.807) is 23.5 Å². The Morgan fingerprint density at radius 3 is 2.64 bits per heavy atom. The van der Waals surface area contributed by atoms with Crippen LogP contribution in [0.5, 0.6) is 0 Å². The number of nitrogens with one attached hydrogen (secondary N) is 1. The van der Waals surface area contributed by atoms with E-state index in [0.29, 0.717) is 17.1 Å². The molecule has 1 aliphatic heterocycles. The SMILES string of the molecule is CN1CCN(c2ccc(Cl)cc2NS(=O)(=O)CCc2cccs2)CC1. The first kappa shape index (κ1) is 18.5. The number of piperazine rings is 1. The van der Waals surface area contributed by atoms with Crippen LogP contribution < -0.4 is 9.62 Å². The first-order chi connectivity index (χ1) is 11.9. The van der Waals surface area contributed by atoms with Crippen molar-refractivity contribution in [2.75, 3.05) is 48.6 Å². The minimum Gasteiger partial charge on any atom is -0.367 e. The lowest BCUT2D eigenvalue weighted by Gasteiger charge is -2.35. The number of hydrogen-bond acceptors (Lipinski definition) is 5. The minimum atomic E-state index is -3.44. The number of benzene rings is 1. The second-order valence-corrected chi connectivity index (χ2v) is 9.51. The van der Waals surface area contributed by atoms with Gasteiger partial charge < -0.3 is 9.80 Å². The Labute approximate surface area is 158 Å². The van der Waals surface area contributed by atoms with Crippen molar-refractivity contribution in [2.45, 2.75) is 6.42 Å². The van der Waals surface area contributed by atoms with Crippen LogP contribution in [0.4, 0.5) is 11.4 Å². The van der Waals surface area contributed by atoms with Gasteiger partial charge in [-0.3, -0.25) is 4.72 Å². The average Bonchev–Trinajstić information content (AvgIpc) is 3.08. The summed E-state index contributed by atoms with van der Waals surface area (Å²) in [5, 5.41) is 2.48. The molecular weight excluding hydrogens is 378 g/mol. The van der Waals surface area contributed by atoms with Gasteiger partial charge in [0.1, 0.15) is 0 Å². The minimum absolute atomic E-state index is 0.0577. The highest BCUT2D eigenvalue weighted by atomic mass is 35.5. The van der Waals surface area contributed by atoms with Crippen molar-refractivity contribution in [3.05, 3.63) is 45.6 Å². The van der Waals surface area contributed by atoms with Crippen LogP contribution in [-0.2, 0) is 16.4 Å². The smallest absolute Gasteiger partial charge is 0.233 e.